The molecule has 0 aliphatic carbocycles. The normalized spacial score (nSPS) is 20.5. The van der Waals surface area contributed by atoms with Crippen LogP contribution in [0.5, 0.6) is 0 Å². The van der Waals surface area contributed by atoms with Crippen LogP contribution in [-0.4, -0.2) is 91.9 Å². The molecule has 1 aromatic rings. The van der Waals surface area contributed by atoms with E-state index in [4.69, 9.17) is 4.99 Å². The third kappa shape index (κ3) is 6.22. The topological polar surface area (TPSA) is 102 Å². The lowest BCUT2D eigenvalue weighted by Crippen LogP contribution is -2.51. The van der Waals surface area contributed by atoms with E-state index in [0.717, 1.165) is 43.0 Å². The molecule has 9 nitrogen and oxygen atoms in total. The van der Waals surface area contributed by atoms with Crippen LogP contribution >= 0.6 is 0 Å². The summed E-state index contributed by atoms with van der Waals surface area (Å²) in [5.74, 6) is 1.25. The number of unbranched alkanes of at least 4 members (excludes halogenated alkanes) is 1. The Balaban J connectivity index is 1.32. The van der Waals surface area contributed by atoms with E-state index in [-0.39, 0.29) is 17.6 Å². The van der Waals surface area contributed by atoms with Gasteiger partial charge in [0.15, 0.2) is 0 Å². The van der Waals surface area contributed by atoms with Gasteiger partial charge in [0.1, 0.15) is 5.54 Å². The lowest BCUT2D eigenvalue weighted by atomic mass is 9.89. The van der Waals surface area contributed by atoms with Crippen LogP contribution in [0.1, 0.15) is 73.4 Å². The molecule has 38 heavy (non-hydrogen) atoms. The van der Waals surface area contributed by atoms with Crippen LogP contribution in [0.2, 0.25) is 0 Å². The summed E-state index contributed by atoms with van der Waals surface area (Å²) >= 11 is 0. The molecule has 2 saturated heterocycles. The number of sulfonamides is 1. The van der Waals surface area contributed by atoms with Crippen molar-refractivity contribution in [1.82, 2.24) is 19.4 Å². The molecule has 3 aliphatic heterocycles. The highest BCUT2D eigenvalue weighted by molar-refractivity contribution is 7.89. The molecule has 1 spiro atoms. The molecular formula is C28H43N5O4S. The molecule has 2 amide bonds. The van der Waals surface area contributed by atoms with Gasteiger partial charge in [-0.05, 0) is 68.2 Å². The van der Waals surface area contributed by atoms with E-state index >= 15 is 0 Å². The minimum atomic E-state index is -3.48. The quantitative estimate of drug-likeness (QED) is 0.541. The molecule has 3 aliphatic rings. The number of carbonyl (C=O) groups excluding carboxylic acids is 2. The highest BCUT2D eigenvalue weighted by Gasteiger charge is 2.48. The highest BCUT2D eigenvalue weighted by Crippen LogP contribution is 2.33. The van der Waals surface area contributed by atoms with Crippen LogP contribution < -0.4 is 5.32 Å². The Hall–Kier alpha value is -2.46. The summed E-state index contributed by atoms with van der Waals surface area (Å²) in [5.41, 5.74) is 1.56. The van der Waals surface area contributed by atoms with Crippen LogP contribution in [0.15, 0.2) is 23.2 Å². The Bertz CT molecular complexity index is 1160. The van der Waals surface area contributed by atoms with Crippen molar-refractivity contribution in [3.8, 4) is 0 Å². The number of aryl methyl sites for hydroxylation is 2. The van der Waals surface area contributed by atoms with Crippen molar-refractivity contribution in [3.05, 3.63) is 34.9 Å². The molecule has 10 heteroatoms. The molecule has 0 aromatic heterocycles. The molecule has 1 aromatic carbocycles. The standard InChI is InChI=1S/C28H43N5O4S/c1-5-6-7-22-10-15-32(16-11-22)27-29-26(35)28(30-27)13-17-33(18-14-28)38(36,37)19-12-23-8-9-24(20-21(23)2)25(34)31(3)4/h8-9,20,22H,5-7,10-19H2,1-4H3,(H,29,30,35). The van der Waals surface area contributed by atoms with Crippen LogP contribution in [0.3, 0.4) is 0 Å². The van der Waals surface area contributed by atoms with Crippen LogP contribution in [0.25, 0.3) is 0 Å². The Labute approximate surface area is 227 Å². The number of amides is 2. The van der Waals surface area contributed by atoms with Gasteiger partial charge in [-0.1, -0.05) is 32.3 Å². The summed E-state index contributed by atoms with van der Waals surface area (Å²) in [4.78, 5) is 33.8. The second kappa shape index (κ2) is 11.7. The largest absolute Gasteiger partial charge is 0.345 e. The number of nitrogens with zero attached hydrogens (tertiary/aromatic N) is 4. The van der Waals surface area contributed by atoms with Crippen LogP contribution in [0, 0.1) is 12.8 Å². The maximum Gasteiger partial charge on any atom is 0.254 e. The van der Waals surface area contributed by atoms with Gasteiger partial charge in [-0.25, -0.2) is 17.7 Å². The second-order valence-corrected chi connectivity index (χ2v) is 13.4. The third-order valence-corrected chi connectivity index (χ3v) is 10.3. The summed E-state index contributed by atoms with van der Waals surface area (Å²) in [6.45, 7) is 6.54. The maximum atomic E-state index is 13.2. The Morgan fingerprint density at radius 1 is 1.16 bits per heavy atom. The smallest absolute Gasteiger partial charge is 0.254 e. The molecular weight excluding hydrogens is 502 g/mol. The number of carbonyl (C=O) groups is 2. The molecule has 210 valence electrons. The fraction of sp³-hybridized carbons (Fsp3) is 0.679. The summed E-state index contributed by atoms with van der Waals surface area (Å²) in [6.07, 6.45) is 7.20. The van der Waals surface area contributed by atoms with Crippen molar-refractivity contribution < 1.29 is 18.0 Å². The monoisotopic (exact) mass is 545 g/mol. The van der Waals surface area contributed by atoms with E-state index in [2.05, 4.69) is 17.1 Å². The van der Waals surface area contributed by atoms with Gasteiger partial charge in [0.05, 0.1) is 5.75 Å². The van der Waals surface area contributed by atoms with Gasteiger partial charge >= 0.3 is 0 Å². The minimum Gasteiger partial charge on any atom is -0.345 e. The first-order chi connectivity index (χ1) is 18.0. The SMILES string of the molecule is CCCCC1CCN(C2=NC3(CCN(S(=O)(=O)CCc4ccc(C(=O)N(C)C)cc4C)CC3)C(=O)N2)CC1. The van der Waals surface area contributed by atoms with E-state index in [0.29, 0.717) is 43.9 Å². The molecule has 4 rings (SSSR count). The molecule has 2 fully saturated rings. The number of piperidine rings is 2. The van der Waals surface area contributed by atoms with Crippen molar-refractivity contribution in [2.24, 2.45) is 10.9 Å². The Kier molecular flexibility index (Phi) is 8.82. The summed E-state index contributed by atoms with van der Waals surface area (Å²) in [5, 5.41) is 3.01. The lowest BCUT2D eigenvalue weighted by molar-refractivity contribution is -0.125. The zero-order chi connectivity index (χ0) is 27.5. The molecule has 0 atom stereocenters. The summed E-state index contributed by atoms with van der Waals surface area (Å²) in [6, 6.07) is 5.42. The number of hydrogen-bond donors (Lipinski definition) is 1. The molecule has 3 heterocycles. The zero-order valence-corrected chi connectivity index (χ0v) is 24.1. The van der Waals surface area contributed by atoms with Crippen molar-refractivity contribution >= 4 is 27.8 Å². The van der Waals surface area contributed by atoms with Gasteiger partial charge in [0, 0.05) is 45.8 Å². The van der Waals surface area contributed by atoms with Crippen molar-refractivity contribution in [2.75, 3.05) is 46.0 Å². The summed E-state index contributed by atoms with van der Waals surface area (Å²) < 4.78 is 27.8. The number of aliphatic imine (C=N–C) groups is 1. The van der Waals surface area contributed by atoms with Crippen LogP contribution in [-0.2, 0) is 21.2 Å². The average molecular weight is 546 g/mol. The zero-order valence-electron chi connectivity index (χ0n) is 23.3. The minimum absolute atomic E-state index is 0.00446. The lowest BCUT2D eigenvalue weighted by Gasteiger charge is -2.35. The molecule has 0 unspecified atom stereocenters. The first-order valence-electron chi connectivity index (χ1n) is 14.0. The fourth-order valence-corrected chi connectivity index (χ4v) is 7.26. The number of benzene rings is 1. The molecule has 1 N–H and O–H groups in total. The van der Waals surface area contributed by atoms with Gasteiger partial charge in [0.25, 0.3) is 11.8 Å². The van der Waals surface area contributed by atoms with Crippen LogP contribution in [0.4, 0.5) is 0 Å². The maximum absolute atomic E-state index is 13.2. The van der Waals surface area contributed by atoms with Gasteiger partial charge in [-0.2, -0.15) is 0 Å². The molecule has 0 saturated carbocycles. The van der Waals surface area contributed by atoms with E-state index in [1.165, 1.54) is 28.5 Å². The third-order valence-electron chi connectivity index (χ3n) is 8.42. The number of hydrogen-bond acceptors (Lipinski definition) is 6. The van der Waals surface area contributed by atoms with E-state index in [1.54, 1.807) is 20.2 Å². The highest BCUT2D eigenvalue weighted by atomic mass is 32.2. The second-order valence-electron chi connectivity index (χ2n) is 11.3. The number of guanidine groups is 1. The van der Waals surface area contributed by atoms with E-state index in [1.807, 2.05) is 19.1 Å². The predicted molar refractivity (Wildman–Crippen MR) is 150 cm³/mol. The number of likely N-dealkylation sites (tertiary alicyclic amines) is 1. The van der Waals surface area contributed by atoms with E-state index < -0.39 is 15.6 Å². The number of nitrogens with one attached hydrogen (secondary N) is 1. The fourth-order valence-electron chi connectivity index (χ4n) is 5.78. The Morgan fingerprint density at radius 3 is 2.45 bits per heavy atom. The predicted octanol–water partition coefficient (Wildman–Crippen LogP) is 2.79. The number of rotatable bonds is 8. The van der Waals surface area contributed by atoms with Gasteiger partial charge in [-0.3, -0.25) is 14.9 Å². The Morgan fingerprint density at radius 2 is 1.84 bits per heavy atom. The average Bonchev–Trinajstić information content (AvgIpc) is 3.21. The van der Waals surface area contributed by atoms with Gasteiger partial charge in [0.2, 0.25) is 16.0 Å². The van der Waals surface area contributed by atoms with Gasteiger partial charge in [-0.15, -0.1) is 0 Å². The molecule has 0 radical (unpaired) electrons. The van der Waals surface area contributed by atoms with Crippen molar-refractivity contribution in [3.63, 3.8) is 0 Å². The van der Waals surface area contributed by atoms with Crippen molar-refractivity contribution in [2.45, 2.75) is 70.8 Å². The molecule has 0 bridgehead atoms. The van der Waals surface area contributed by atoms with Crippen molar-refractivity contribution in [1.29, 1.82) is 0 Å². The summed E-state index contributed by atoms with van der Waals surface area (Å²) in [7, 11) is -0.0667. The van der Waals surface area contributed by atoms with E-state index in [9.17, 15) is 18.0 Å². The first-order valence-corrected chi connectivity index (χ1v) is 15.6. The van der Waals surface area contributed by atoms with Gasteiger partial charge < -0.3 is 9.80 Å². The first kappa shape index (κ1) is 28.5.